The highest BCUT2D eigenvalue weighted by atomic mass is 16.2. The van der Waals surface area contributed by atoms with Crippen molar-refractivity contribution >= 4 is 23.6 Å². The zero-order valence-corrected chi connectivity index (χ0v) is 38.3. The summed E-state index contributed by atoms with van der Waals surface area (Å²) in [5.41, 5.74) is 5.61. The van der Waals surface area contributed by atoms with E-state index in [1.165, 1.54) is 141 Å². The highest BCUT2D eigenvalue weighted by Gasteiger charge is 2.25. The molecule has 4 amide bonds. The molecule has 0 aliphatic carbocycles. The molecule has 0 aromatic heterocycles. The predicted molar refractivity (Wildman–Crippen MR) is 242 cm³/mol. The van der Waals surface area contributed by atoms with Crippen LogP contribution in [-0.4, -0.2) is 90.7 Å². The highest BCUT2D eigenvalue weighted by Crippen LogP contribution is 2.13. The summed E-state index contributed by atoms with van der Waals surface area (Å²) in [6, 6.07) is 0. The van der Waals surface area contributed by atoms with Crippen LogP contribution in [0, 0.1) is 0 Å². The van der Waals surface area contributed by atoms with Crippen LogP contribution >= 0.6 is 0 Å². The minimum Gasteiger partial charge on any atom is -0.368 e. The largest absolute Gasteiger partial charge is 0.368 e. The fourth-order valence-electron chi connectivity index (χ4n) is 7.59. The monoisotopic (exact) mass is 806 g/mol. The van der Waals surface area contributed by atoms with E-state index in [4.69, 9.17) is 5.73 Å². The van der Waals surface area contributed by atoms with Crippen LogP contribution in [0.15, 0.2) is 0 Å². The molecule has 0 unspecified atom stereocenters. The summed E-state index contributed by atoms with van der Waals surface area (Å²) >= 11 is 0. The SMILES string of the molecule is CCCCCCCCCCNCC(=O)N(CCCCCCCCCC)CC(=O)N(CCCCCCCCCC)CC(=O)N(CCCCCCCCCC)CC(N)=O. The number of hydrogen-bond acceptors (Lipinski definition) is 5. The van der Waals surface area contributed by atoms with Gasteiger partial charge in [-0.05, 0) is 32.2 Å². The Kier molecular flexibility index (Phi) is 40.4. The molecule has 0 spiro atoms. The number of nitrogens with one attached hydrogen (secondary N) is 1. The third-order valence-corrected chi connectivity index (χ3v) is 11.4. The van der Waals surface area contributed by atoms with Crippen LogP contribution in [0.25, 0.3) is 0 Å². The number of carbonyl (C=O) groups is 4. The Balaban J connectivity index is 5.54. The third kappa shape index (κ3) is 35.5. The van der Waals surface area contributed by atoms with E-state index in [1.54, 1.807) is 14.7 Å². The van der Waals surface area contributed by atoms with Gasteiger partial charge in [-0.15, -0.1) is 0 Å². The van der Waals surface area contributed by atoms with Crippen LogP contribution < -0.4 is 11.1 Å². The lowest BCUT2D eigenvalue weighted by atomic mass is 10.1. The average Bonchev–Trinajstić information content (AvgIpc) is 3.19. The van der Waals surface area contributed by atoms with Gasteiger partial charge in [-0.25, -0.2) is 0 Å². The lowest BCUT2D eigenvalue weighted by Crippen LogP contribution is -2.50. The molecule has 3 N–H and O–H groups in total. The predicted octanol–water partition coefficient (Wildman–Crippen LogP) is 11.1. The van der Waals surface area contributed by atoms with Crippen molar-refractivity contribution in [2.45, 2.75) is 233 Å². The van der Waals surface area contributed by atoms with Gasteiger partial charge in [0.2, 0.25) is 23.6 Å². The summed E-state index contributed by atoms with van der Waals surface area (Å²) in [6.45, 7) is 11.2. The summed E-state index contributed by atoms with van der Waals surface area (Å²) in [7, 11) is 0. The van der Waals surface area contributed by atoms with Gasteiger partial charge >= 0.3 is 0 Å². The molecule has 336 valence electrons. The van der Waals surface area contributed by atoms with E-state index in [2.05, 4.69) is 33.0 Å². The van der Waals surface area contributed by atoms with Crippen LogP contribution in [0.5, 0.6) is 0 Å². The van der Waals surface area contributed by atoms with Gasteiger partial charge in [-0.1, -0.05) is 207 Å². The quantitative estimate of drug-likeness (QED) is 0.0595. The fourth-order valence-corrected chi connectivity index (χ4v) is 7.59. The van der Waals surface area contributed by atoms with Crippen molar-refractivity contribution in [2.24, 2.45) is 5.73 Å². The second-order valence-electron chi connectivity index (χ2n) is 17.0. The molecular formula is C48H95N5O4. The number of rotatable bonds is 44. The first-order valence-corrected chi connectivity index (χ1v) is 24.6. The van der Waals surface area contributed by atoms with Crippen LogP contribution in [0.1, 0.15) is 233 Å². The van der Waals surface area contributed by atoms with Gasteiger partial charge < -0.3 is 25.8 Å². The standard InChI is InChI=1S/C48H95N5O4/c1-5-9-13-17-21-25-29-33-37-50-41-46(55)52(39-35-31-27-23-19-15-11-7-3)43-48(57)53(40-36-32-28-24-20-16-12-8-4)44-47(56)51(42-45(49)54)38-34-30-26-22-18-14-10-6-2/h50H,5-44H2,1-4H3,(H2,49,54). The summed E-state index contributed by atoms with van der Waals surface area (Å²) < 4.78 is 0. The van der Waals surface area contributed by atoms with E-state index in [-0.39, 0.29) is 43.9 Å². The summed E-state index contributed by atoms with van der Waals surface area (Å²) in [6.07, 6.45) is 37.5. The molecule has 57 heavy (non-hydrogen) atoms. The smallest absolute Gasteiger partial charge is 0.242 e. The lowest BCUT2D eigenvalue weighted by Gasteiger charge is -2.30. The van der Waals surface area contributed by atoms with Gasteiger partial charge in [0.1, 0.15) is 0 Å². The summed E-state index contributed by atoms with van der Waals surface area (Å²) in [5.74, 6) is -1.01. The molecule has 0 fully saturated rings. The average molecular weight is 806 g/mol. The summed E-state index contributed by atoms with van der Waals surface area (Å²) in [4.78, 5) is 58.5. The van der Waals surface area contributed by atoms with Crippen molar-refractivity contribution in [3.63, 3.8) is 0 Å². The first-order chi connectivity index (χ1) is 27.8. The van der Waals surface area contributed by atoms with E-state index in [9.17, 15) is 19.2 Å². The topological polar surface area (TPSA) is 116 Å². The Morgan fingerprint density at radius 1 is 0.351 bits per heavy atom. The highest BCUT2D eigenvalue weighted by molar-refractivity contribution is 5.90. The van der Waals surface area contributed by atoms with Crippen LogP contribution in [0.2, 0.25) is 0 Å². The Bertz CT molecular complexity index is 948. The second kappa shape index (κ2) is 42.0. The Hall–Kier alpha value is -2.16. The molecule has 9 heteroatoms. The van der Waals surface area contributed by atoms with Gasteiger partial charge in [-0.2, -0.15) is 0 Å². The zero-order chi connectivity index (χ0) is 42.0. The molecule has 0 aliphatic heterocycles. The van der Waals surface area contributed by atoms with Crippen molar-refractivity contribution in [3.05, 3.63) is 0 Å². The molecule has 0 aliphatic rings. The first kappa shape index (κ1) is 54.8. The minimum absolute atomic E-state index is 0.0209. The molecule has 0 saturated heterocycles. The molecule has 9 nitrogen and oxygen atoms in total. The molecule has 0 radical (unpaired) electrons. The minimum atomic E-state index is -0.537. The number of nitrogens with two attached hydrogens (primary N) is 1. The number of carbonyl (C=O) groups excluding carboxylic acids is 4. The molecule has 0 aromatic carbocycles. The van der Waals surface area contributed by atoms with Crippen LogP contribution in [-0.2, 0) is 19.2 Å². The summed E-state index contributed by atoms with van der Waals surface area (Å²) in [5, 5.41) is 3.36. The molecule has 0 rings (SSSR count). The van der Waals surface area contributed by atoms with Gasteiger partial charge in [0, 0.05) is 19.6 Å². The first-order valence-electron chi connectivity index (χ1n) is 24.6. The van der Waals surface area contributed by atoms with E-state index >= 15 is 0 Å². The van der Waals surface area contributed by atoms with E-state index in [0.717, 1.165) is 70.8 Å². The van der Waals surface area contributed by atoms with E-state index < -0.39 is 5.91 Å². The Labute approximate surface area is 353 Å². The molecule has 0 bridgehead atoms. The maximum Gasteiger partial charge on any atom is 0.242 e. The maximum absolute atomic E-state index is 14.1. The van der Waals surface area contributed by atoms with Crippen molar-refractivity contribution in [1.82, 2.24) is 20.0 Å². The molecule has 0 heterocycles. The second-order valence-corrected chi connectivity index (χ2v) is 17.0. The normalized spacial score (nSPS) is 11.2. The number of primary amides is 1. The number of nitrogens with zero attached hydrogens (tertiary/aromatic N) is 3. The van der Waals surface area contributed by atoms with Crippen LogP contribution in [0.4, 0.5) is 0 Å². The van der Waals surface area contributed by atoms with E-state index in [1.807, 2.05) is 0 Å². The maximum atomic E-state index is 14.1. The van der Waals surface area contributed by atoms with E-state index in [0.29, 0.717) is 19.6 Å². The molecule has 0 aromatic rings. The van der Waals surface area contributed by atoms with Gasteiger partial charge in [0.05, 0.1) is 26.2 Å². The van der Waals surface area contributed by atoms with Gasteiger partial charge in [0.15, 0.2) is 0 Å². The number of unbranched alkanes of at least 4 members (excludes halogenated alkanes) is 28. The number of hydrogen-bond donors (Lipinski definition) is 2. The van der Waals surface area contributed by atoms with Crippen molar-refractivity contribution in [1.29, 1.82) is 0 Å². The van der Waals surface area contributed by atoms with Crippen LogP contribution in [0.3, 0.4) is 0 Å². The molecule has 0 saturated carbocycles. The number of amides is 4. The zero-order valence-electron chi connectivity index (χ0n) is 38.3. The third-order valence-electron chi connectivity index (χ3n) is 11.4. The fraction of sp³-hybridized carbons (Fsp3) is 0.917. The van der Waals surface area contributed by atoms with Crippen molar-refractivity contribution < 1.29 is 19.2 Å². The van der Waals surface area contributed by atoms with Gasteiger partial charge in [0.25, 0.3) is 0 Å². The lowest BCUT2D eigenvalue weighted by molar-refractivity contribution is -0.144. The Morgan fingerprint density at radius 3 is 0.930 bits per heavy atom. The van der Waals surface area contributed by atoms with Crippen molar-refractivity contribution in [2.75, 3.05) is 52.4 Å². The Morgan fingerprint density at radius 2 is 0.614 bits per heavy atom. The molecule has 0 atom stereocenters. The molecular weight excluding hydrogens is 711 g/mol. The van der Waals surface area contributed by atoms with Gasteiger partial charge in [-0.3, -0.25) is 19.2 Å². The van der Waals surface area contributed by atoms with Crippen molar-refractivity contribution in [3.8, 4) is 0 Å².